The molecule has 1 rings (SSSR count). The standard InChI is InChI=1S/C14H21IN2O3/c1-10(2)16(11(3)4)7-8-20-14-9-12(17(18)19)5-6-13(14)15/h5-6,9-11H,7-8H2,1-4H3. The largest absolute Gasteiger partial charge is 0.491 e. The third-order valence-corrected chi connectivity index (χ3v) is 3.95. The van der Waals surface area contributed by atoms with Crippen LogP contribution in [0.25, 0.3) is 0 Å². The van der Waals surface area contributed by atoms with Crippen molar-refractivity contribution in [3.63, 3.8) is 0 Å². The van der Waals surface area contributed by atoms with E-state index >= 15 is 0 Å². The smallest absolute Gasteiger partial charge is 0.273 e. The monoisotopic (exact) mass is 392 g/mol. The first-order chi connectivity index (χ1) is 9.32. The number of rotatable bonds is 7. The lowest BCUT2D eigenvalue weighted by Gasteiger charge is -2.30. The third-order valence-electron chi connectivity index (χ3n) is 3.06. The molecule has 0 aliphatic rings. The SMILES string of the molecule is CC(C)N(CCOc1cc([N+](=O)[O-])ccc1I)C(C)C. The van der Waals surface area contributed by atoms with Gasteiger partial charge in [-0.2, -0.15) is 0 Å². The van der Waals surface area contributed by atoms with Crippen LogP contribution >= 0.6 is 22.6 Å². The zero-order chi connectivity index (χ0) is 15.3. The number of hydrogen-bond donors (Lipinski definition) is 0. The number of hydrogen-bond acceptors (Lipinski definition) is 4. The molecule has 5 nitrogen and oxygen atoms in total. The van der Waals surface area contributed by atoms with Crippen molar-refractivity contribution in [2.24, 2.45) is 0 Å². The van der Waals surface area contributed by atoms with Crippen LogP contribution in [0.1, 0.15) is 27.7 Å². The predicted molar refractivity (Wildman–Crippen MR) is 88.3 cm³/mol. The molecule has 0 radical (unpaired) electrons. The first-order valence-corrected chi connectivity index (χ1v) is 7.73. The predicted octanol–water partition coefficient (Wildman–Crippen LogP) is 3.70. The van der Waals surface area contributed by atoms with Crippen molar-refractivity contribution in [1.82, 2.24) is 4.90 Å². The van der Waals surface area contributed by atoms with Gasteiger partial charge in [-0.25, -0.2) is 0 Å². The summed E-state index contributed by atoms with van der Waals surface area (Å²) in [4.78, 5) is 12.7. The maximum absolute atomic E-state index is 10.8. The third kappa shape index (κ3) is 4.90. The summed E-state index contributed by atoms with van der Waals surface area (Å²) in [5.74, 6) is 0.576. The molecular weight excluding hydrogens is 371 g/mol. The average Bonchev–Trinajstić information content (AvgIpc) is 2.35. The molecule has 1 aromatic rings. The number of halogens is 1. The second kappa shape index (κ2) is 7.78. The van der Waals surface area contributed by atoms with Gasteiger partial charge in [0.05, 0.1) is 14.6 Å². The Morgan fingerprint density at radius 3 is 2.40 bits per heavy atom. The molecule has 0 fully saturated rings. The van der Waals surface area contributed by atoms with Gasteiger partial charge < -0.3 is 4.74 Å². The molecule has 112 valence electrons. The minimum absolute atomic E-state index is 0.0602. The van der Waals surface area contributed by atoms with E-state index in [2.05, 4.69) is 55.2 Å². The van der Waals surface area contributed by atoms with Gasteiger partial charge in [0.2, 0.25) is 0 Å². The lowest BCUT2D eigenvalue weighted by atomic mass is 10.2. The molecule has 0 N–H and O–H groups in total. The highest BCUT2D eigenvalue weighted by Crippen LogP contribution is 2.26. The van der Waals surface area contributed by atoms with E-state index in [1.807, 2.05) is 0 Å². The molecule has 0 unspecified atom stereocenters. The van der Waals surface area contributed by atoms with Crippen molar-refractivity contribution in [2.75, 3.05) is 13.2 Å². The van der Waals surface area contributed by atoms with Crippen LogP contribution in [0.4, 0.5) is 5.69 Å². The fraction of sp³-hybridized carbons (Fsp3) is 0.571. The van der Waals surface area contributed by atoms with E-state index in [9.17, 15) is 10.1 Å². The van der Waals surface area contributed by atoms with E-state index in [0.717, 1.165) is 10.1 Å². The maximum atomic E-state index is 10.8. The minimum Gasteiger partial charge on any atom is -0.491 e. The summed E-state index contributed by atoms with van der Waals surface area (Å²) in [5, 5.41) is 10.8. The second-order valence-corrected chi connectivity index (χ2v) is 6.31. The molecular formula is C14H21IN2O3. The lowest BCUT2D eigenvalue weighted by Crippen LogP contribution is -2.39. The Bertz CT molecular complexity index is 456. The van der Waals surface area contributed by atoms with Gasteiger partial charge in [0, 0.05) is 24.7 Å². The van der Waals surface area contributed by atoms with Gasteiger partial charge >= 0.3 is 0 Å². The molecule has 0 atom stereocenters. The minimum atomic E-state index is -0.405. The highest BCUT2D eigenvalue weighted by Gasteiger charge is 2.14. The summed E-state index contributed by atoms with van der Waals surface area (Å²) in [5.41, 5.74) is 0.0602. The molecule has 0 aliphatic heterocycles. The van der Waals surface area contributed by atoms with Gasteiger partial charge in [0.1, 0.15) is 12.4 Å². The summed E-state index contributed by atoms with van der Waals surface area (Å²) in [6.45, 7) is 9.92. The van der Waals surface area contributed by atoms with Crippen molar-refractivity contribution in [3.05, 3.63) is 31.9 Å². The molecule has 0 aliphatic carbocycles. The molecule has 6 heteroatoms. The molecule has 0 aromatic heterocycles. The molecule has 0 amide bonds. The van der Waals surface area contributed by atoms with E-state index in [1.54, 1.807) is 6.07 Å². The summed E-state index contributed by atoms with van der Waals surface area (Å²) in [7, 11) is 0. The molecule has 0 saturated carbocycles. The molecule has 0 saturated heterocycles. The van der Waals surface area contributed by atoms with Crippen LogP contribution in [0.3, 0.4) is 0 Å². The fourth-order valence-electron chi connectivity index (χ4n) is 2.09. The maximum Gasteiger partial charge on any atom is 0.273 e. The average molecular weight is 392 g/mol. The van der Waals surface area contributed by atoms with Crippen LogP contribution in [0.5, 0.6) is 5.75 Å². The van der Waals surface area contributed by atoms with Gasteiger partial charge in [-0.15, -0.1) is 0 Å². The summed E-state index contributed by atoms with van der Waals surface area (Å²) in [6, 6.07) is 5.57. The molecule has 0 heterocycles. The van der Waals surface area contributed by atoms with Gasteiger partial charge in [0.15, 0.2) is 0 Å². The van der Waals surface area contributed by atoms with Crippen LogP contribution in [-0.4, -0.2) is 35.1 Å². The summed E-state index contributed by atoms with van der Waals surface area (Å²) >= 11 is 2.12. The number of nitro benzene ring substituents is 1. The van der Waals surface area contributed by atoms with Crippen molar-refractivity contribution in [1.29, 1.82) is 0 Å². The van der Waals surface area contributed by atoms with Crippen molar-refractivity contribution >= 4 is 28.3 Å². The Labute approximate surface area is 133 Å². The van der Waals surface area contributed by atoms with Gasteiger partial charge in [-0.3, -0.25) is 15.0 Å². The van der Waals surface area contributed by atoms with Crippen LogP contribution in [0.2, 0.25) is 0 Å². The summed E-state index contributed by atoms with van der Waals surface area (Å²) < 4.78 is 6.59. The second-order valence-electron chi connectivity index (χ2n) is 5.15. The topological polar surface area (TPSA) is 55.6 Å². The number of nitrogens with zero attached hydrogens (tertiary/aromatic N) is 2. The highest BCUT2D eigenvalue weighted by molar-refractivity contribution is 14.1. The number of non-ortho nitro benzene ring substituents is 1. The number of ether oxygens (including phenoxy) is 1. The van der Waals surface area contributed by atoms with Crippen LogP contribution in [0, 0.1) is 13.7 Å². The van der Waals surface area contributed by atoms with Crippen molar-refractivity contribution < 1.29 is 9.66 Å². The van der Waals surface area contributed by atoms with Gasteiger partial charge in [-0.1, -0.05) is 0 Å². The van der Waals surface area contributed by atoms with E-state index in [0.29, 0.717) is 24.4 Å². The Kier molecular flexibility index (Phi) is 6.67. The first-order valence-electron chi connectivity index (χ1n) is 6.65. The fourth-order valence-corrected chi connectivity index (χ4v) is 2.58. The zero-order valence-electron chi connectivity index (χ0n) is 12.3. The Balaban J connectivity index is 2.65. The highest BCUT2D eigenvalue weighted by atomic mass is 127. The quantitative estimate of drug-likeness (QED) is 0.404. The van der Waals surface area contributed by atoms with Crippen LogP contribution in [-0.2, 0) is 0 Å². The van der Waals surface area contributed by atoms with E-state index in [-0.39, 0.29) is 5.69 Å². The number of nitro groups is 1. The molecule has 0 bridgehead atoms. The normalized spacial score (nSPS) is 11.4. The Morgan fingerprint density at radius 2 is 1.90 bits per heavy atom. The van der Waals surface area contributed by atoms with E-state index in [1.165, 1.54) is 12.1 Å². The molecule has 20 heavy (non-hydrogen) atoms. The Hall–Kier alpha value is -0.890. The van der Waals surface area contributed by atoms with Crippen LogP contribution < -0.4 is 4.74 Å². The van der Waals surface area contributed by atoms with E-state index in [4.69, 9.17) is 4.74 Å². The van der Waals surface area contributed by atoms with Gasteiger partial charge in [0.25, 0.3) is 5.69 Å². The van der Waals surface area contributed by atoms with Crippen LogP contribution in [0.15, 0.2) is 18.2 Å². The first kappa shape index (κ1) is 17.2. The molecule has 1 aromatic carbocycles. The van der Waals surface area contributed by atoms with E-state index < -0.39 is 4.92 Å². The Morgan fingerprint density at radius 1 is 1.30 bits per heavy atom. The van der Waals surface area contributed by atoms with Crippen molar-refractivity contribution in [2.45, 2.75) is 39.8 Å². The number of benzene rings is 1. The zero-order valence-corrected chi connectivity index (χ0v) is 14.5. The van der Waals surface area contributed by atoms with Gasteiger partial charge in [-0.05, 0) is 56.4 Å². The van der Waals surface area contributed by atoms with Crippen molar-refractivity contribution in [3.8, 4) is 5.75 Å². The summed E-state index contributed by atoms with van der Waals surface area (Å²) in [6.07, 6.45) is 0. The lowest BCUT2D eigenvalue weighted by molar-refractivity contribution is -0.385. The molecule has 0 spiro atoms.